The third-order valence-electron chi connectivity index (χ3n) is 26.9. The maximum atomic E-state index is 2.46. The van der Waals surface area contributed by atoms with Crippen LogP contribution < -0.4 is 0 Å². The lowest BCUT2D eigenvalue weighted by atomic mass is 9.67. The Kier molecular flexibility index (Phi) is 19.6. The minimum atomic E-state index is -0.404. The van der Waals surface area contributed by atoms with Gasteiger partial charge in [-0.25, -0.2) is 0 Å². The summed E-state index contributed by atoms with van der Waals surface area (Å²) in [6, 6.07) is 179. The van der Waals surface area contributed by atoms with Crippen molar-refractivity contribution in [2.24, 2.45) is 0 Å². The van der Waals surface area contributed by atoms with Crippen LogP contribution in [-0.4, -0.2) is 4.57 Å². The minimum absolute atomic E-state index is 0.172. The van der Waals surface area contributed by atoms with Gasteiger partial charge in [0.1, 0.15) is 0 Å². The van der Waals surface area contributed by atoms with Crippen LogP contribution in [0.25, 0.3) is 115 Å². The van der Waals surface area contributed by atoms with Crippen molar-refractivity contribution in [2.75, 3.05) is 0 Å². The van der Waals surface area contributed by atoms with Crippen LogP contribution in [0.5, 0.6) is 0 Å². The van der Waals surface area contributed by atoms with Gasteiger partial charge < -0.3 is 4.57 Å². The highest BCUT2D eigenvalue weighted by atomic mass is 32.2. The molecular formula is C124H83NS3. The molecule has 1 aliphatic carbocycles. The molecule has 4 heterocycles. The van der Waals surface area contributed by atoms with Crippen LogP contribution in [0.15, 0.2) is 515 Å². The van der Waals surface area contributed by atoms with Crippen molar-refractivity contribution in [3.8, 4) is 61.3 Å². The van der Waals surface area contributed by atoms with Crippen LogP contribution in [0.4, 0.5) is 0 Å². The van der Waals surface area contributed by atoms with Crippen LogP contribution in [0.3, 0.4) is 0 Å². The number of hydrogen-bond acceptors (Lipinski definition) is 3. The molecule has 0 N–H and O–H groups in total. The topological polar surface area (TPSA) is 4.93 Å². The molecule has 0 spiro atoms. The van der Waals surface area contributed by atoms with E-state index in [0.717, 1.165) is 0 Å². The van der Waals surface area contributed by atoms with Crippen molar-refractivity contribution >= 4 is 89.4 Å². The predicted octanol–water partition coefficient (Wildman–Crippen LogP) is 33.6. The van der Waals surface area contributed by atoms with Gasteiger partial charge in [0.25, 0.3) is 0 Å². The Bertz CT molecular complexity index is 7960. The lowest BCUT2D eigenvalue weighted by Crippen LogP contribution is -2.28. The number of nitrogens with zero attached hydrogens (tertiary/aromatic N) is 1. The second-order valence-corrected chi connectivity index (χ2v) is 37.1. The Morgan fingerprint density at radius 2 is 0.516 bits per heavy atom. The molecule has 3 aliphatic heterocycles. The molecule has 1 aromatic heterocycles. The van der Waals surface area contributed by atoms with Gasteiger partial charge in [-0.15, -0.1) is 0 Å². The molecule has 3 atom stereocenters. The summed E-state index contributed by atoms with van der Waals surface area (Å²) < 4.78 is 2.39. The van der Waals surface area contributed by atoms with E-state index in [0.29, 0.717) is 0 Å². The van der Waals surface area contributed by atoms with E-state index < -0.39 is 5.41 Å². The SMILES string of the molecule is c1ccc(-c2ccc(-c3ccc(C4c5ccccc5Sc5ccc6ccccc6c54)cc3)cc2)cc1.c1ccc(-n2c3ccccc3c3ccc(-c4ccc(C5c6ccccc6Sc6ccc7ccccc7c65)cc4)cc32)cc1.c1ccc(C2(c3ccccc3)c3ccccc3-c3ccc(-c4ccc(C5c6ccccc6Sc6ccc7ccccc7c65)cc4)cc32)cc1. The highest BCUT2D eigenvalue weighted by Crippen LogP contribution is 2.59. The molecule has 0 saturated heterocycles. The van der Waals surface area contributed by atoms with Crippen LogP contribution >= 0.6 is 35.3 Å². The predicted molar refractivity (Wildman–Crippen MR) is 539 cm³/mol. The summed E-state index contributed by atoms with van der Waals surface area (Å²) in [6.45, 7) is 0. The zero-order valence-electron chi connectivity index (χ0n) is 70.1. The van der Waals surface area contributed by atoms with Crippen LogP contribution in [-0.2, 0) is 5.41 Å². The lowest BCUT2D eigenvalue weighted by Gasteiger charge is -2.34. The van der Waals surface area contributed by atoms with Crippen molar-refractivity contribution in [1.29, 1.82) is 0 Å². The standard InChI is InChI=1S/C48H32S.C41H27NS.C35H24S/c1-3-14-36(15-4-1)48(37-16-5-2-6-17-37)42-21-11-9-19-39(42)40-29-27-35(31-43(40)48)32-23-25-34(26-24-32)46-41-20-10-12-22-44(41)49-45-30-28-33-13-7-8-18-38(33)47(45)46;1-2-11-31(12-3-1)42-36-16-8-6-14-33(36)34-24-22-30(26-37(34)42)27-18-20-29(21-19-27)40-35-15-7-9-17-38(35)43-39-25-23-28-10-4-5-13-32(28)41(39)40;1-2-8-24(9-3-1)25-14-16-26(17-15-25)27-18-20-29(21-19-27)34-31-12-6-7-13-32(31)36-33-23-22-28-10-4-5-11-30(28)35(33)34/h1-31,46H;1-26,40H;1-23,34H. The van der Waals surface area contributed by atoms with Crippen molar-refractivity contribution in [1.82, 2.24) is 4.57 Å². The molecule has 602 valence electrons. The van der Waals surface area contributed by atoms with E-state index in [-0.39, 0.29) is 17.8 Å². The normalized spacial score (nSPS) is 14.6. The molecule has 0 radical (unpaired) electrons. The van der Waals surface area contributed by atoms with Gasteiger partial charge in [0.05, 0.1) is 16.4 Å². The number of hydrogen-bond donors (Lipinski definition) is 0. The number of para-hydroxylation sites is 2. The first-order chi connectivity index (χ1) is 63.5. The highest BCUT2D eigenvalue weighted by Gasteiger charge is 2.46. The smallest absolute Gasteiger partial charge is 0.0713 e. The van der Waals surface area contributed by atoms with Crippen molar-refractivity contribution < 1.29 is 0 Å². The maximum Gasteiger partial charge on any atom is 0.0713 e. The molecule has 0 bridgehead atoms. The van der Waals surface area contributed by atoms with Gasteiger partial charge in [0, 0.05) is 63.6 Å². The molecule has 22 aromatic rings. The number of aromatic nitrogens is 1. The molecule has 21 aromatic carbocycles. The first-order valence-electron chi connectivity index (χ1n) is 44.2. The maximum absolute atomic E-state index is 2.46. The zero-order chi connectivity index (χ0) is 84.6. The van der Waals surface area contributed by atoms with E-state index in [1.165, 1.54) is 217 Å². The Morgan fingerprint density at radius 1 is 0.195 bits per heavy atom. The van der Waals surface area contributed by atoms with Gasteiger partial charge in [0.2, 0.25) is 0 Å². The molecule has 4 heteroatoms. The fourth-order valence-electron chi connectivity index (χ4n) is 21.0. The van der Waals surface area contributed by atoms with E-state index >= 15 is 0 Å². The van der Waals surface area contributed by atoms with E-state index in [1.54, 1.807) is 0 Å². The minimum Gasteiger partial charge on any atom is -0.309 e. The molecule has 0 saturated carbocycles. The monoisotopic (exact) mass is 1680 g/mol. The van der Waals surface area contributed by atoms with Crippen molar-refractivity contribution in [2.45, 2.75) is 52.5 Å². The van der Waals surface area contributed by atoms with E-state index in [4.69, 9.17) is 0 Å². The summed E-state index contributed by atoms with van der Waals surface area (Å²) in [5.41, 5.74) is 33.4. The van der Waals surface area contributed by atoms with Gasteiger partial charge in [-0.1, -0.05) is 454 Å². The first kappa shape index (κ1) is 76.9. The average molecular weight is 1680 g/mol. The Morgan fingerprint density at radius 3 is 0.977 bits per heavy atom. The third kappa shape index (κ3) is 13.4. The number of fused-ring (bicyclic) bond motifs is 18. The molecule has 4 aliphatic rings. The molecule has 0 amide bonds. The Balaban J connectivity index is 0.000000108. The lowest BCUT2D eigenvalue weighted by molar-refractivity contribution is 0.769. The second kappa shape index (κ2) is 32.7. The summed E-state index contributed by atoms with van der Waals surface area (Å²) in [5.74, 6) is 0.583. The number of rotatable bonds is 10. The summed E-state index contributed by atoms with van der Waals surface area (Å²) >= 11 is 5.69. The molecule has 0 fully saturated rings. The van der Waals surface area contributed by atoms with Crippen molar-refractivity contribution in [3.05, 3.63) is 558 Å². The molecule has 128 heavy (non-hydrogen) atoms. The van der Waals surface area contributed by atoms with Crippen molar-refractivity contribution in [3.63, 3.8) is 0 Å². The van der Waals surface area contributed by atoms with E-state index in [1.807, 2.05) is 35.3 Å². The molecular weight excluding hydrogens is 1600 g/mol. The first-order valence-corrected chi connectivity index (χ1v) is 46.7. The van der Waals surface area contributed by atoms with Crippen LogP contribution in [0.2, 0.25) is 0 Å². The second-order valence-electron chi connectivity index (χ2n) is 33.8. The summed E-state index contributed by atoms with van der Waals surface area (Å²) in [6.07, 6.45) is 0. The largest absolute Gasteiger partial charge is 0.309 e. The van der Waals surface area contributed by atoms with Gasteiger partial charge >= 0.3 is 0 Å². The summed E-state index contributed by atoms with van der Waals surface area (Å²) in [7, 11) is 0. The fraction of sp³-hybridized carbons (Fsp3) is 0.0323. The molecule has 3 unspecified atom stereocenters. The Hall–Kier alpha value is -14.8. The van der Waals surface area contributed by atoms with E-state index in [9.17, 15) is 0 Å². The van der Waals surface area contributed by atoms with Gasteiger partial charge in [-0.3, -0.25) is 0 Å². The van der Waals surface area contributed by atoms with Crippen LogP contribution in [0, 0.1) is 0 Å². The molecule has 1 nitrogen and oxygen atoms in total. The number of benzene rings is 21. The van der Waals surface area contributed by atoms with E-state index in [2.05, 4.69) is 490 Å². The van der Waals surface area contributed by atoms with Gasteiger partial charge in [-0.2, -0.15) is 0 Å². The average Bonchev–Trinajstić information content (AvgIpc) is 1.52. The Labute approximate surface area is 759 Å². The quantitative estimate of drug-likeness (QED) is 0.135. The zero-order valence-corrected chi connectivity index (χ0v) is 72.5. The third-order valence-corrected chi connectivity index (χ3v) is 30.4. The van der Waals surface area contributed by atoms with Crippen LogP contribution in [0.1, 0.15) is 90.1 Å². The summed E-state index contributed by atoms with van der Waals surface area (Å²) in [4.78, 5) is 8.10. The fourth-order valence-corrected chi connectivity index (χ4v) is 24.5. The van der Waals surface area contributed by atoms with Gasteiger partial charge in [0.15, 0.2) is 0 Å². The molecule has 26 rings (SSSR count). The van der Waals surface area contributed by atoms with Gasteiger partial charge in [-0.05, 0) is 227 Å². The highest BCUT2D eigenvalue weighted by molar-refractivity contribution is 8.00. The summed E-state index contributed by atoms with van der Waals surface area (Å²) in [5, 5.41) is 10.5.